The van der Waals surface area contributed by atoms with Gasteiger partial charge in [-0.1, -0.05) is 126 Å². The minimum Gasteiger partial charge on any atom is -0.478 e. The smallest absolute Gasteiger partial charge is 0.416 e. The number of carbonyl (C=O) groups is 5. The molecule has 5 heterocycles. The topological polar surface area (TPSA) is 226 Å². The second kappa shape index (κ2) is 39.6. The molecule has 10 aromatic carbocycles. The monoisotopic (exact) mass is 1670 g/mol. The first-order chi connectivity index (χ1) is 54.6. The summed E-state index contributed by atoms with van der Waals surface area (Å²) in [4.78, 5) is 55.6. The Morgan fingerprint density at radius 2 is 0.786 bits per heavy atom. The number of fused-ring (bicyclic) bond motifs is 5. The number of aromatic amines is 1. The van der Waals surface area contributed by atoms with Gasteiger partial charge in [0.05, 0.1) is 96.7 Å². The number of benzene rings is 10. The van der Waals surface area contributed by atoms with Gasteiger partial charge in [0.2, 0.25) is 0 Å². The Bertz CT molecular complexity index is 5690. The summed E-state index contributed by atoms with van der Waals surface area (Å²) < 4.78 is 119. The summed E-state index contributed by atoms with van der Waals surface area (Å²) in [6.45, 7) is 13.4. The van der Waals surface area contributed by atoms with Crippen molar-refractivity contribution in [2.45, 2.75) is 120 Å². The number of nitrogens with one attached hydrogen (secondary N) is 1. The van der Waals surface area contributed by atoms with E-state index in [9.17, 15) is 63.5 Å². The van der Waals surface area contributed by atoms with Crippen LogP contribution in [-0.4, -0.2) is 88.8 Å². The summed E-state index contributed by atoms with van der Waals surface area (Å²) in [5.74, 6) is 0.216. The van der Waals surface area contributed by atoms with Crippen LogP contribution in [0, 0.1) is 25.7 Å². The number of ketones is 3. The minimum atomic E-state index is -4.43. The Morgan fingerprint density at radius 3 is 1.19 bits per heavy atom. The fourth-order valence-electron chi connectivity index (χ4n) is 12.9. The van der Waals surface area contributed by atoms with Crippen LogP contribution < -0.4 is 0 Å². The molecule has 3 N–H and O–H groups in total. The van der Waals surface area contributed by atoms with Gasteiger partial charge in [-0.05, 0) is 227 Å². The number of Topliss-reactive ketones (excluding diaryl/α,β-unsaturated/α-hetero) is 3. The summed E-state index contributed by atoms with van der Waals surface area (Å²) in [6.07, 6.45) is 4.06. The molecule has 608 valence electrons. The zero-order valence-electron chi connectivity index (χ0n) is 63.2. The molecule has 117 heavy (non-hydrogen) atoms. The standard InChI is InChI=1S/C16H11F3N2O.C16H14N2O.C15H9F3N2O2.C15H12N2O2.C10H20.C9H8N2O.C7H4BrF3.2CH4/c1-10(22)11-5-6-15-12(7-11)9-21(20-15)14-4-2-3-13(8-14)16(17,18)19;1-11-4-3-5-15(8-11)18-16-7-6-13(12(2)19)9-14(16)10-17-18;16-15(17,18)11-2-1-3-12(7-11)20-8-10-6-9(14(21)22)4-5-13(10)19-20;1-10-3-2-4-13(7-10)17-14-6-5-11(15(18)19)8-12(14)9-16-17;1-3-9-7-5-6-8-10(9)4-2;1-6(12)7-2-3-9-8(4-7)5-10-11-9;8-6-3-1-2-5(4-6)7(9,10)11;;/h2-9H,1H3;3-10H,1-2H3;1-8H,(H,21,22);2-9H,1H3,(H,18,19);9-10H,3-8H2,1-2H3;2-5H,1H3,(H,10,11);1-4H;2*1H4/t;;;;9-,10-;;;;/m....1..../s1. The summed E-state index contributed by atoms with van der Waals surface area (Å²) in [6, 6.07) is 56.4. The highest BCUT2D eigenvalue weighted by atomic mass is 79.9. The molecule has 1 aliphatic carbocycles. The molecule has 2 atom stereocenters. The lowest BCUT2D eigenvalue weighted by atomic mass is 9.77. The average molecular weight is 1670 g/mol. The molecule has 0 aliphatic heterocycles. The van der Waals surface area contributed by atoms with E-state index < -0.39 is 47.2 Å². The first-order valence-electron chi connectivity index (χ1n) is 36.3. The van der Waals surface area contributed by atoms with Crippen molar-refractivity contribution in [1.29, 1.82) is 0 Å². The van der Waals surface area contributed by atoms with Gasteiger partial charge in [-0.3, -0.25) is 19.5 Å². The Morgan fingerprint density at radius 1 is 0.427 bits per heavy atom. The van der Waals surface area contributed by atoms with Gasteiger partial charge < -0.3 is 10.2 Å². The number of nitrogens with zero attached hydrogens (tertiary/aromatic N) is 9. The molecule has 5 aromatic heterocycles. The lowest BCUT2D eigenvalue weighted by molar-refractivity contribution is -0.138. The van der Waals surface area contributed by atoms with Gasteiger partial charge in [0, 0.05) is 60.5 Å². The van der Waals surface area contributed by atoms with Crippen LogP contribution in [0.2, 0.25) is 0 Å². The number of hydrogen-bond acceptors (Lipinski definition) is 10. The van der Waals surface area contributed by atoms with E-state index >= 15 is 0 Å². The van der Waals surface area contributed by atoms with Crippen LogP contribution in [-0.2, 0) is 18.5 Å². The zero-order valence-corrected chi connectivity index (χ0v) is 64.8. The van der Waals surface area contributed by atoms with E-state index in [1.807, 2.05) is 83.0 Å². The zero-order chi connectivity index (χ0) is 83.1. The predicted molar refractivity (Wildman–Crippen MR) is 442 cm³/mol. The van der Waals surface area contributed by atoms with E-state index in [0.717, 1.165) is 109 Å². The van der Waals surface area contributed by atoms with Crippen molar-refractivity contribution in [3.63, 3.8) is 0 Å². The van der Waals surface area contributed by atoms with Gasteiger partial charge in [-0.2, -0.15) is 65.0 Å². The van der Waals surface area contributed by atoms with Crippen LogP contribution in [0.1, 0.15) is 168 Å². The molecule has 0 bridgehead atoms. The predicted octanol–water partition coefficient (Wildman–Crippen LogP) is 24.7. The molecule has 0 unspecified atom stereocenters. The van der Waals surface area contributed by atoms with Gasteiger partial charge in [0.1, 0.15) is 0 Å². The highest BCUT2D eigenvalue weighted by molar-refractivity contribution is 9.10. The average Bonchev–Trinajstić information content (AvgIpc) is 1.67. The lowest BCUT2D eigenvalue weighted by Gasteiger charge is -2.29. The fraction of sp³-hybridized carbons (Fsp3) is 0.222. The Balaban J connectivity index is 0.000000173. The molecule has 17 nitrogen and oxygen atoms in total. The summed E-state index contributed by atoms with van der Waals surface area (Å²) >= 11 is 2.95. The van der Waals surface area contributed by atoms with Crippen LogP contribution in [0.4, 0.5) is 39.5 Å². The fourth-order valence-corrected chi connectivity index (χ4v) is 13.3. The van der Waals surface area contributed by atoms with Crippen molar-refractivity contribution < 1.29 is 73.7 Å². The number of halogens is 10. The minimum absolute atomic E-state index is 0. The summed E-state index contributed by atoms with van der Waals surface area (Å²) in [7, 11) is 0. The maximum absolute atomic E-state index is 12.8. The number of carbonyl (C=O) groups excluding carboxylic acids is 3. The highest BCUT2D eigenvalue weighted by Gasteiger charge is 2.33. The number of hydrogen-bond donors (Lipinski definition) is 3. The molecular formula is C90H86BrF9N10O7. The Labute approximate surface area is 677 Å². The van der Waals surface area contributed by atoms with E-state index in [-0.39, 0.29) is 49.0 Å². The van der Waals surface area contributed by atoms with Gasteiger partial charge >= 0.3 is 30.5 Å². The van der Waals surface area contributed by atoms with E-state index in [0.29, 0.717) is 37.5 Å². The van der Waals surface area contributed by atoms with Crippen molar-refractivity contribution in [2.24, 2.45) is 11.8 Å². The first kappa shape index (κ1) is 89.9. The molecule has 0 saturated heterocycles. The van der Waals surface area contributed by atoms with Crippen LogP contribution in [0.3, 0.4) is 0 Å². The molecule has 15 aromatic rings. The quantitative estimate of drug-likeness (QED) is 0.0812. The third kappa shape index (κ3) is 23.8. The molecule has 16 rings (SSSR count). The van der Waals surface area contributed by atoms with Crippen molar-refractivity contribution >= 4 is 99.7 Å². The van der Waals surface area contributed by atoms with Crippen molar-refractivity contribution in [2.75, 3.05) is 0 Å². The number of carboxylic acid groups (broad SMARTS) is 2. The lowest BCUT2D eigenvalue weighted by Crippen LogP contribution is -2.17. The second-order valence-corrected chi connectivity index (χ2v) is 28.1. The number of alkyl halides is 9. The summed E-state index contributed by atoms with van der Waals surface area (Å²) in [5, 5.41) is 45.8. The van der Waals surface area contributed by atoms with E-state index in [2.05, 4.69) is 79.4 Å². The highest BCUT2D eigenvalue weighted by Crippen LogP contribution is 2.36. The second-order valence-electron chi connectivity index (χ2n) is 27.2. The van der Waals surface area contributed by atoms with Gasteiger partial charge in [-0.15, -0.1) is 0 Å². The first-order valence-corrected chi connectivity index (χ1v) is 37.1. The van der Waals surface area contributed by atoms with Gasteiger partial charge in [0.15, 0.2) is 17.3 Å². The van der Waals surface area contributed by atoms with Crippen LogP contribution >= 0.6 is 15.9 Å². The van der Waals surface area contributed by atoms with Gasteiger partial charge in [-0.25, -0.2) is 28.3 Å². The maximum Gasteiger partial charge on any atom is 0.416 e. The molecular weight excluding hydrogens is 1580 g/mol. The molecule has 1 fully saturated rings. The largest absolute Gasteiger partial charge is 0.478 e. The summed E-state index contributed by atoms with van der Waals surface area (Å²) in [5.41, 5.74) is 9.13. The number of H-pyrrole nitrogens is 1. The third-order valence-corrected chi connectivity index (χ3v) is 19.4. The van der Waals surface area contributed by atoms with Crippen LogP contribution in [0.25, 0.3) is 77.3 Å². The SMILES string of the molecule is C.C.CC(=O)c1ccc2[nH]ncc2c1.CC(=O)c1ccc2c(cnn2-c2cccc(C)c2)c1.CC(=O)c1ccc2nn(-c3cccc(C(F)(F)F)c3)cc2c1.CC[C@@H]1CCCC[C@H]1CC.Cc1cccc(-n2ncc3cc(C(=O)O)ccc32)c1.FC(F)(F)c1cccc(Br)c1.O=C(O)c1ccc2nn(-c3cccc(C(F)(F)F)c3)cc2c1. The Hall–Kier alpha value is -12.7. The van der Waals surface area contributed by atoms with Crippen molar-refractivity contribution in [3.05, 3.63) is 303 Å². The molecule has 0 spiro atoms. The van der Waals surface area contributed by atoms with Crippen molar-refractivity contribution in [1.82, 2.24) is 49.3 Å². The number of carboxylic acids is 2. The van der Waals surface area contributed by atoms with Crippen LogP contribution in [0.15, 0.2) is 248 Å². The van der Waals surface area contributed by atoms with Crippen LogP contribution in [0.5, 0.6) is 0 Å². The number of aryl methyl sites for hydroxylation is 2. The molecule has 1 aliphatic rings. The number of aromatic carboxylic acids is 2. The van der Waals surface area contributed by atoms with E-state index in [4.69, 9.17) is 10.2 Å². The number of aromatic nitrogens is 10. The van der Waals surface area contributed by atoms with Crippen molar-refractivity contribution in [3.8, 4) is 22.7 Å². The molecule has 0 amide bonds. The molecule has 27 heteroatoms. The Kier molecular flexibility index (Phi) is 30.4. The van der Waals surface area contributed by atoms with Gasteiger partial charge in [0.25, 0.3) is 0 Å². The van der Waals surface area contributed by atoms with E-state index in [1.165, 1.54) is 109 Å². The van der Waals surface area contributed by atoms with E-state index in [1.54, 1.807) is 93.2 Å². The molecule has 0 radical (unpaired) electrons. The molecule has 1 saturated carbocycles. The normalized spacial score (nSPS) is 13.0. The maximum atomic E-state index is 12.8. The third-order valence-electron chi connectivity index (χ3n) is 18.9. The number of rotatable bonds is 11.